The SMILES string of the molecule is COc1ccc(CNC(=O)c2cc3ccc(F)cc3s2)cc1OC. The molecule has 3 aromatic rings. The average molecular weight is 345 g/mol. The molecular formula is C18H16FNO3S. The Kier molecular flexibility index (Phi) is 4.66. The third-order valence-corrected chi connectivity index (χ3v) is 4.70. The first-order valence-electron chi connectivity index (χ1n) is 7.29. The number of hydrogen-bond acceptors (Lipinski definition) is 4. The largest absolute Gasteiger partial charge is 0.493 e. The van der Waals surface area contributed by atoms with Gasteiger partial charge >= 0.3 is 0 Å². The third-order valence-electron chi connectivity index (χ3n) is 3.61. The first-order valence-corrected chi connectivity index (χ1v) is 8.10. The summed E-state index contributed by atoms with van der Waals surface area (Å²) in [6.07, 6.45) is 0. The molecule has 0 unspecified atom stereocenters. The number of benzene rings is 2. The minimum Gasteiger partial charge on any atom is -0.493 e. The van der Waals surface area contributed by atoms with Crippen molar-refractivity contribution in [3.8, 4) is 11.5 Å². The van der Waals surface area contributed by atoms with Crippen LogP contribution in [0.5, 0.6) is 11.5 Å². The number of methoxy groups -OCH3 is 2. The van der Waals surface area contributed by atoms with E-state index in [4.69, 9.17) is 9.47 Å². The highest BCUT2D eigenvalue weighted by Crippen LogP contribution is 2.28. The highest BCUT2D eigenvalue weighted by molar-refractivity contribution is 7.20. The van der Waals surface area contributed by atoms with Crippen LogP contribution in [0.1, 0.15) is 15.2 Å². The second kappa shape index (κ2) is 6.88. The zero-order valence-corrected chi connectivity index (χ0v) is 14.1. The van der Waals surface area contributed by atoms with Gasteiger partial charge < -0.3 is 14.8 Å². The van der Waals surface area contributed by atoms with Crippen LogP contribution < -0.4 is 14.8 Å². The molecule has 1 N–H and O–H groups in total. The van der Waals surface area contributed by atoms with Gasteiger partial charge in [0.05, 0.1) is 19.1 Å². The van der Waals surface area contributed by atoms with Crippen molar-refractivity contribution >= 4 is 27.3 Å². The number of halogens is 1. The molecule has 0 bridgehead atoms. The molecule has 4 nitrogen and oxygen atoms in total. The van der Waals surface area contributed by atoms with Crippen molar-refractivity contribution in [1.82, 2.24) is 5.32 Å². The zero-order chi connectivity index (χ0) is 17.1. The lowest BCUT2D eigenvalue weighted by Gasteiger charge is -2.10. The Hall–Kier alpha value is -2.60. The number of fused-ring (bicyclic) bond motifs is 1. The zero-order valence-electron chi connectivity index (χ0n) is 13.3. The van der Waals surface area contributed by atoms with E-state index in [0.717, 1.165) is 15.6 Å². The van der Waals surface area contributed by atoms with Gasteiger partial charge in [0.15, 0.2) is 11.5 Å². The van der Waals surface area contributed by atoms with Crippen molar-refractivity contribution in [3.05, 3.63) is 58.7 Å². The molecule has 0 spiro atoms. The Morgan fingerprint density at radius 2 is 1.88 bits per heavy atom. The third kappa shape index (κ3) is 3.33. The van der Waals surface area contributed by atoms with Crippen LogP contribution in [-0.2, 0) is 6.54 Å². The second-order valence-corrected chi connectivity index (χ2v) is 6.25. The summed E-state index contributed by atoms with van der Waals surface area (Å²) in [5.74, 6) is 0.758. The predicted molar refractivity (Wildman–Crippen MR) is 92.5 cm³/mol. The van der Waals surface area contributed by atoms with Gasteiger partial charge in [-0.3, -0.25) is 4.79 Å². The van der Waals surface area contributed by atoms with E-state index in [-0.39, 0.29) is 11.7 Å². The van der Waals surface area contributed by atoms with Crippen LogP contribution in [0.2, 0.25) is 0 Å². The monoisotopic (exact) mass is 345 g/mol. The minimum atomic E-state index is -0.304. The summed E-state index contributed by atoms with van der Waals surface area (Å²) < 4.78 is 24.4. The standard InChI is InChI=1S/C18H16FNO3S/c1-22-14-6-3-11(7-15(14)23-2)10-20-18(21)17-8-12-4-5-13(19)9-16(12)24-17/h3-9H,10H2,1-2H3,(H,20,21). The number of ether oxygens (including phenoxy) is 2. The maximum absolute atomic E-state index is 13.2. The van der Waals surface area contributed by atoms with Crippen LogP contribution in [-0.4, -0.2) is 20.1 Å². The smallest absolute Gasteiger partial charge is 0.261 e. The van der Waals surface area contributed by atoms with Gasteiger partial charge in [0.1, 0.15) is 5.82 Å². The normalized spacial score (nSPS) is 10.6. The molecule has 1 aromatic heterocycles. The predicted octanol–water partition coefficient (Wildman–Crippen LogP) is 3.99. The Balaban J connectivity index is 1.72. The van der Waals surface area contributed by atoms with E-state index in [0.29, 0.717) is 22.9 Å². The van der Waals surface area contributed by atoms with Crippen LogP contribution in [0.3, 0.4) is 0 Å². The van der Waals surface area contributed by atoms with Crippen LogP contribution in [0.25, 0.3) is 10.1 Å². The molecule has 3 rings (SSSR count). The fraction of sp³-hybridized carbons (Fsp3) is 0.167. The fourth-order valence-corrected chi connectivity index (χ4v) is 3.38. The number of thiophene rings is 1. The van der Waals surface area contributed by atoms with E-state index in [1.54, 1.807) is 32.4 Å². The molecule has 0 saturated heterocycles. The molecule has 1 heterocycles. The highest BCUT2D eigenvalue weighted by Gasteiger charge is 2.11. The first kappa shape index (κ1) is 16.3. The summed E-state index contributed by atoms with van der Waals surface area (Å²) in [4.78, 5) is 12.9. The van der Waals surface area contributed by atoms with Crippen molar-refractivity contribution in [2.24, 2.45) is 0 Å². The molecule has 0 aliphatic carbocycles. The summed E-state index contributed by atoms with van der Waals surface area (Å²) >= 11 is 1.27. The molecule has 24 heavy (non-hydrogen) atoms. The van der Waals surface area contributed by atoms with Gasteiger partial charge in [-0.1, -0.05) is 12.1 Å². The quantitative estimate of drug-likeness (QED) is 0.761. The van der Waals surface area contributed by atoms with Crippen molar-refractivity contribution < 1.29 is 18.7 Å². The molecule has 0 atom stereocenters. The summed E-state index contributed by atoms with van der Waals surface area (Å²) in [5, 5.41) is 3.72. The molecule has 124 valence electrons. The molecule has 0 aliphatic rings. The molecule has 1 amide bonds. The van der Waals surface area contributed by atoms with Gasteiger partial charge in [-0.25, -0.2) is 4.39 Å². The topological polar surface area (TPSA) is 47.6 Å². The fourth-order valence-electron chi connectivity index (χ4n) is 2.38. The van der Waals surface area contributed by atoms with Crippen molar-refractivity contribution in [2.45, 2.75) is 6.54 Å². The van der Waals surface area contributed by atoms with Gasteiger partial charge in [-0.15, -0.1) is 11.3 Å². The summed E-state index contributed by atoms with van der Waals surface area (Å²) in [6.45, 7) is 0.363. The summed E-state index contributed by atoms with van der Waals surface area (Å²) in [7, 11) is 3.14. The molecule has 2 aromatic carbocycles. The maximum Gasteiger partial charge on any atom is 0.261 e. The van der Waals surface area contributed by atoms with E-state index in [9.17, 15) is 9.18 Å². The Bertz CT molecular complexity index is 891. The lowest BCUT2D eigenvalue weighted by Crippen LogP contribution is -2.21. The molecule has 6 heteroatoms. The van der Waals surface area contributed by atoms with Crippen LogP contribution >= 0.6 is 11.3 Å². The number of rotatable bonds is 5. The average Bonchev–Trinajstić information content (AvgIpc) is 3.02. The lowest BCUT2D eigenvalue weighted by atomic mass is 10.2. The number of nitrogens with one attached hydrogen (secondary N) is 1. The van der Waals surface area contributed by atoms with E-state index in [2.05, 4.69) is 5.32 Å². The summed E-state index contributed by atoms with van der Waals surface area (Å²) in [6, 6.07) is 11.7. The molecule has 0 aliphatic heterocycles. The minimum absolute atomic E-state index is 0.189. The van der Waals surface area contributed by atoms with E-state index >= 15 is 0 Å². The molecular weight excluding hydrogens is 329 g/mol. The van der Waals surface area contributed by atoms with Crippen LogP contribution in [0.15, 0.2) is 42.5 Å². The van der Waals surface area contributed by atoms with E-state index < -0.39 is 0 Å². The van der Waals surface area contributed by atoms with Gasteiger partial charge in [0, 0.05) is 11.2 Å². The van der Waals surface area contributed by atoms with Gasteiger partial charge in [-0.05, 0) is 41.3 Å². The van der Waals surface area contributed by atoms with Gasteiger partial charge in [0.25, 0.3) is 5.91 Å². The lowest BCUT2D eigenvalue weighted by molar-refractivity contribution is 0.0955. The Morgan fingerprint density at radius 3 is 2.62 bits per heavy atom. The number of amides is 1. The van der Waals surface area contributed by atoms with Crippen LogP contribution in [0.4, 0.5) is 4.39 Å². The van der Waals surface area contributed by atoms with Gasteiger partial charge in [0.2, 0.25) is 0 Å². The molecule has 0 radical (unpaired) electrons. The van der Waals surface area contributed by atoms with E-state index in [1.807, 2.05) is 12.1 Å². The number of hydrogen-bond donors (Lipinski definition) is 1. The molecule has 0 fully saturated rings. The molecule has 0 saturated carbocycles. The van der Waals surface area contributed by atoms with Crippen molar-refractivity contribution in [2.75, 3.05) is 14.2 Å². The summed E-state index contributed by atoms with van der Waals surface area (Å²) in [5.41, 5.74) is 0.896. The number of carbonyl (C=O) groups excluding carboxylic acids is 1. The van der Waals surface area contributed by atoms with Crippen molar-refractivity contribution in [3.63, 3.8) is 0 Å². The first-order chi connectivity index (χ1) is 11.6. The van der Waals surface area contributed by atoms with E-state index in [1.165, 1.54) is 23.5 Å². The highest BCUT2D eigenvalue weighted by atomic mass is 32.1. The second-order valence-electron chi connectivity index (χ2n) is 5.16. The Labute approximate surface area is 142 Å². The Morgan fingerprint density at radius 1 is 1.08 bits per heavy atom. The van der Waals surface area contributed by atoms with Crippen molar-refractivity contribution in [1.29, 1.82) is 0 Å². The van der Waals surface area contributed by atoms with Crippen LogP contribution in [0, 0.1) is 5.82 Å². The maximum atomic E-state index is 13.2. The number of carbonyl (C=O) groups is 1. The van der Waals surface area contributed by atoms with Gasteiger partial charge in [-0.2, -0.15) is 0 Å².